The van der Waals surface area contributed by atoms with Crippen molar-refractivity contribution in [2.75, 3.05) is 26.7 Å². The van der Waals surface area contributed by atoms with E-state index in [9.17, 15) is 27.9 Å². The predicted octanol–water partition coefficient (Wildman–Crippen LogP) is 2.41. The van der Waals surface area contributed by atoms with Gasteiger partial charge >= 0.3 is 12.1 Å². The summed E-state index contributed by atoms with van der Waals surface area (Å²) in [5.74, 6) is -1.27. The molecule has 0 radical (unpaired) electrons. The van der Waals surface area contributed by atoms with Gasteiger partial charge in [0, 0.05) is 39.0 Å². The van der Waals surface area contributed by atoms with Crippen molar-refractivity contribution in [1.82, 2.24) is 9.47 Å². The van der Waals surface area contributed by atoms with Gasteiger partial charge < -0.3 is 14.4 Å². The van der Waals surface area contributed by atoms with Crippen LogP contribution in [-0.2, 0) is 22.1 Å². The number of methoxy groups -OCH3 is 1. The van der Waals surface area contributed by atoms with Gasteiger partial charge in [0.2, 0.25) is 0 Å². The maximum absolute atomic E-state index is 13.4. The maximum Gasteiger partial charge on any atom is 0.416 e. The van der Waals surface area contributed by atoms with Gasteiger partial charge in [0.05, 0.1) is 11.7 Å². The van der Waals surface area contributed by atoms with Crippen LogP contribution in [0, 0.1) is 5.92 Å². The average Bonchev–Trinajstić information content (AvgIpc) is 2.51. The molecule has 1 fully saturated rings. The molecule has 1 aromatic rings. The molecule has 1 atom stereocenters. The first-order valence-electron chi connectivity index (χ1n) is 8.83. The van der Waals surface area contributed by atoms with Gasteiger partial charge in [-0.1, -0.05) is 13.8 Å². The number of nitrogens with zero attached hydrogens (tertiary/aromatic N) is 2. The van der Waals surface area contributed by atoms with Crippen LogP contribution in [0.3, 0.4) is 0 Å². The number of hydrogen-bond acceptors (Lipinski definition) is 4. The molecule has 6 nitrogen and oxygen atoms in total. The Morgan fingerprint density at radius 1 is 1.37 bits per heavy atom. The minimum absolute atomic E-state index is 0.0317. The van der Waals surface area contributed by atoms with Crippen molar-refractivity contribution in [3.05, 3.63) is 33.7 Å². The number of halogens is 3. The lowest BCUT2D eigenvalue weighted by Crippen LogP contribution is -2.52. The first-order valence-corrected chi connectivity index (χ1v) is 8.83. The first-order chi connectivity index (χ1) is 12.5. The minimum Gasteiger partial charge on any atom is -0.480 e. The van der Waals surface area contributed by atoms with Gasteiger partial charge in [-0.3, -0.25) is 9.69 Å². The summed E-state index contributed by atoms with van der Waals surface area (Å²) in [6.07, 6.45) is -3.29. The van der Waals surface area contributed by atoms with E-state index in [2.05, 4.69) is 0 Å². The number of hydrogen-bond donors (Lipinski definition) is 1. The van der Waals surface area contributed by atoms with Crippen molar-refractivity contribution in [2.24, 2.45) is 5.92 Å². The van der Waals surface area contributed by atoms with Gasteiger partial charge in [-0.2, -0.15) is 13.2 Å². The Labute approximate surface area is 155 Å². The molecule has 0 aromatic carbocycles. The van der Waals surface area contributed by atoms with Crippen molar-refractivity contribution < 1.29 is 27.8 Å². The fourth-order valence-corrected chi connectivity index (χ4v) is 3.21. The van der Waals surface area contributed by atoms with Crippen LogP contribution in [-0.4, -0.2) is 53.4 Å². The van der Waals surface area contributed by atoms with E-state index < -0.39 is 29.3 Å². The SMILES string of the molecule is COC1CN(CCc2cn(C(CC(C)C)C(=O)O)c(=O)cc2C(F)(F)F)C1. The smallest absolute Gasteiger partial charge is 0.416 e. The Morgan fingerprint density at radius 3 is 2.48 bits per heavy atom. The highest BCUT2D eigenvalue weighted by Crippen LogP contribution is 2.32. The van der Waals surface area contributed by atoms with Crippen molar-refractivity contribution in [3.63, 3.8) is 0 Å². The van der Waals surface area contributed by atoms with E-state index in [-0.39, 0.29) is 30.4 Å². The highest BCUT2D eigenvalue weighted by molar-refractivity contribution is 5.71. The zero-order chi connectivity index (χ0) is 20.4. The second-order valence-corrected chi connectivity index (χ2v) is 7.31. The highest BCUT2D eigenvalue weighted by Gasteiger charge is 2.36. The molecule has 0 bridgehead atoms. The molecule has 0 amide bonds. The van der Waals surface area contributed by atoms with Gasteiger partial charge in [0.15, 0.2) is 0 Å². The normalized spacial score (nSPS) is 17.1. The van der Waals surface area contributed by atoms with E-state index in [4.69, 9.17) is 4.74 Å². The van der Waals surface area contributed by atoms with Crippen LogP contribution in [0.2, 0.25) is 0 Å². The molecule has 9 heteroatoms. The fraction of sp³-hybridized carbons (Fsp3) is 0.667. The Balaban J connectivity index is 2.33. The summed E-state index contributed by atoms with van der Waals surface area (Å²) in [7, 11) is 1.58. The lowest BCUT2D eigenvalue weighted by Gasteiger charge is -2.38. The minimum atomic E-state index is -4.67. The zero-order valence-corrected chi connectivity index (χ0v) is 15.6. The number of carboxylic acid groups (broad SMARTS) is 1. The molecule has 152 valence electrons. The molecular weight excluding hydrogens is 365 g/mol. The molecule has 2 heterocycles. The maximum atomic E-state index is 13.4. The summed E-state index contributed by atoms with van der Waals surface area (Å²) in [6, 6.07) is -0.681. The lowest BCUT2D eigenvalue weighted by molar-refractivity contribution is -0.141. The average molecular weight is 390 g/mol. The second-order valence-electron chi connectivity index (χ2n) is 7.31. The van der Waals surface area contributed by atoms with Crippen LogP contribution in [0.15, 0.2) is 17.1 Å². The van der Waals surface area contributed by atoms with Crippen LogP contribution in [0.1, 0.15) is 37.4 Å². The van der Waals surface area contributed by atoms with Crippen LogP contribution < -0.4 is 5.56 Å². The van der Waals surface area contributed by atoms with Crippen molar-refractivity contribution in [1.29, 1.82) is 0 Å². The largest absolute Gasteiger partial charge is 0.480 e. The van der Waals surface area contributed by atoms with Crippen LogP contribution in [0.4, 0.5) is 13.2 Å². The number of aromatic nitrogens is 1. The molecule has 1 N–H and O–H groups in total. The molecule has 27 heavy (non-hydrogen) atoms. The van der Waals surface area contributed by atoms with Gasteiger partial charge in [-0.15, -0.1) is 0 Å². The van der Waals surface area contributed by atoms with E-state index >= 15 is 0 Å². The van der Waals surface area contributed by atoms with E-state index in [1.807, 2.05) is 4.90 Å². The van der Waals surface area contributed by atoms with Gasteiger partial charge in [0.25, 0.3) is 5.56 Å². The van der Waals surface area contributed by atoms with Crippen LogP contribution in [0.25, 0.3) is 0 Å². The summed E-state index contributed by atoms with van der Waals surface area (Å²) in [4.78, 5) is 25.7. The predicted molar refractivity (Wildman–Crippen MR) is 92.8 cm³/mol. The van der Waals surface area contributed by atoms with Crippen molar-refractivity contribution in [3.8, 4) is 0 Å². The summed E-state index contributed by atoms with van der Waals surface area (Å²) in [6.45, 7) is 5.25. The zero-order valence-electron chi connectivity index (χ0n) is 15.6. The summed E-state index contributed by atoms with van der Waals surface area (Å²) < 4.78 is 46.2. The van der Waals surface area contributed by atoms with Crippen molar-refractivity contribution >= 4 is 5.97 Å². The standard InChI is InChI=1S/C18H25F3N2O4/c1-11(2)6-15(17(25)26)23-8-12(4-5-22-9-13(10-22)27-3)14(7-16(23)24)18(19,20)21/h7-8,11,13,15H,4-6,9-10H2,1-3H3,(H,25,26). The number of carbonyl (C=O) groups is 1. The van der Waals surface area contributed by atoms with Crippen molar-refractivity contribution in [2.45, 2.75) is 45.0 Å². The number of rotatable bonds is 8. The molecule has 1 aromatic heterocycles. The summed E-state index contributed by atoms with van der Waals surface area (Å²) >= 11 is 0. The third kappa shape index (κ3) is 5.32. The molecule has 0 aliphatic carbocycles. The molecule has 1 aliphatic rings. The lowest BCUT2D eigenvalue weighted by atomic mass is 10.0. The van der Waals surface area contributed by atoms with Crippen LogP contribution in [0.5, 0.6) is 0 Å². The van der Waals surface area contributed by atoms with E-state index in [1.54, 1.807) is 21.0 Å². The Bertz CT molecular complexity index is 724. The topological polar surface area (TPSA) is 71.8 Å². The van der Waals surface area contributed by atoms with E-state index in [0.29, 0.717) is 25.7 Å². The van der Waals surface area contributed by atoms with E-state index in [1.165, 1.54) is 0 Å². The monoisotopic (exact) mass is 390 g/mol. The number of ether oxygens (including phenoxy) is 1. The van der Waals surface area contributed by atoms with Gasteiger partial charge in [-0.05, 0) is 24.3 Å². The third-order valence-electron chi connectivity index (χ3n) is 4.74. The Hall–Kier alpha value is -1.87. The Morgan fingerprint density at radius 2 is 2.00 bits per heavy atom. The third-order valence-corrected chi connectivity index (χ3v) is 4.74. The molecule has 1 aliphatic heterocycles. The summed E-state index contributed by atoms with van der Waals surface area (Å²) in [5, 5.41) is 9.44. The molecule has 1 unspecified atom stereocenters. The van der Waals surface area contributed by atoms with Gasteiger partial charge in [0.1, 0.15) is 6.04 Å². The highest BCUT2D eigenvalue weighted by atomic mass is 19.4. The van der Waals surface area contributed by atoms with Gasteiger partial charge in [-0.25, -0.2) is 4.79 Å². The fourth-order valence-electron chi connectivity index (χ4n) is 3.21. The number of carboxylic acids is 1. The molecule has 1 saturated heterocycles. The number of alkyl halides is 3. The Kier molecular flexibility index (Phi) is 6.69. The molecule has 2 rings (SSSR count). The molecule has 0 saturated carbocycles. The quantitative estimate of drug-likeness (QED) is 0.738. The number of likely N-dealkylation sites (tertiary alicyclic amines) is 1. The molecular formula is C18H25F3N2O4. The number of pyridine rings is 1. The second kappa shape index (κ2) is 8.43. The summed E-state index contributed by atoms with van der Waals surface area (Å²) in [5.41, 5.74) is -2.03. The first kappa shape index (κ1) is 21.4. The van der Waals surface area contributed by atoms with E-state index in [0.717, 1.165) is 10.8 Å². The van der Waals surface area contributed by atoms with Crippen LogP contribution >= 0.6 is 0 Å². The number of aliphatic carboxylic acids is 1. The molecule has 0 spiro atoms.